The fourth-order valence-electron chi connectivity index (χ4n) is 1.72. The van der Waals surface area contributed by atoms with E-state index in [0.717, 1.165) is 11.1 Å². The summed E-state index contributed by atoms with van der Waals surface area (Å²) >= 11 is 12.0. The van der Waals surface area contributed by atoms with Gasteiger partial charge in [0, 0.05) is 21.2 Å². The van der Waals surface area contributed by atoms with Crippen LogP contribution in [0.15, 0.2) is 36.4 Å². The summed E-state index contributed by atoms with van der Waals surface area (Å²) in [7, 11) is 0. The number of rotatable bonds is 4. The Balaban J connectivity index is 2.18. The molecule has 3 nitrogen and oxygen atoms in total. The van der Waals surface area contributed by atoms with Gasteiger partial charge in [-0.25, -0.2) is 0 Å². The lowest BCUT2D eigenvalue weighted by molar-refractivity contribution is 0.304. The third kappa shape index (κ3) is 3.44. The van der Waals surface area contributed by atoms with Crippen LogP contribution in [0.5, 0.6) is 5.75 Å². The topological polar surface area (TPSA) is 59.1 Å². The summed E-state index contributed by atoms with van der Waals surface area (Å²) in [5.74, 6) is 0.697. The first-order valence-corrected chi connectivity index (χ1v) is 6.74. The minimum atomic E-state index is 0.0133. The Morgan fingerprint density at radius 3 is 2.60 bits per heavy atom. The van der Waals surface area contributed by atoms with Gasteiger partial charge >= 0.3 is 0 Å². The van der Waals surface area contributed by atoms with E-state index in [1.54, 1.807) is 24.3 Å². The highest BCUT2D eigenvalue weighted by Gasteiger charge is 2.06. The lowest BCUT2D eigenvalue weighted by atomic mass is 10.1. The van der Waals surface area contributed by atoms with Crippen LogP contribution >= 0.6 is 23.2 Å². The molecule has 0 aromatic heterocycles. The fraction of sp³-hybridized carbons (Fsp3) is 0.133. The molecule has 0 aliphatic heterocycles. The second-order valence-electron chi connectivity index (χ2n) is 4.42. The lowest BCUT2D eigenvalue weighted by Crippen LogP contribution is -2.11. The van der Waals surface area contributed by atoms with E-state index in [0.29, 0.717) is 28.0 Å². The van der Waals surface area contributed by atoms with Gasteiger partial charge in [0.1, 0.15) is 18.2 Å². The van der Waals surface area contributed by atoms with Crippen LogP contribution in [0.2, 0.25) is 10.0 Å². The predicted molar refractivity (Wildman–Crippen MR) is 83.0 cm³/mol. The van der Waals surface area contributed by atoms with E-state index in [4.69, 9.17) is 39.1 Å². The van der Waals surface area contributed by atoms with Crippen molar-refractivity contribution < 1.29 is 4.74 Å². The van der Waals surface area contributed by atoms with Crippen LogP contribution in [-0.4, -0.2) is 5.84 Å². The van der Waals surface area contributed by atoms with Gasteiger partial charge in [-0.05, 0) is 30.7 Å². The predicted octanol–water partition coefficient (Wildman–Crippen LogP) is 4.16. The molecule has 0 saturated carbocycles. The monoisotopic (exact) mass is 308 g/mol. The van der Waals surface area contributed by atoms with Gasteiger partial charge in [-0.2, -0.15) is 0 Å². The van der Waals surface area contributed by atoms with Crippen LogP contribution in [0.4, 0.5) is 0 Å². The second kappa shape index (κ2) is 6.16. The van der Waals surface area contributed by atoms with Crippen molar-refractivity contribution in [1.29, 1.82) is 5.41 Å². The molecular weight excluding hydrogens is 295 g/mol. The van der Waals surface area contributed by atoms with Crippen LogP contribution in [0.25, 0.3) is 0 Å². The van der Waals surface area contributed by atoms with Crippen molar-refractivity contribution in [2.45, 2.75) is 13.5 Å². The molecule has 0 atom stereocenters. The number of halogens is 2. The second-order valence-corrected chi connectivity index (χ2v) is 5.26. The van der Waals surface area contributed by atoms with Gasteiger partial charge in [0.25, 0.3) is 0 Å². The van der Waals surface area contributed by atoms with Gasteiger partial charge in [-0.1, -0.05) is 41.4 Å². The number of nitrogens with two attached hydrogens (primary N) is 1. The molecule has 0 fully saturated rings. The van der Waals surface area contributed by atoms with Crippen LogP contribution < -0.4 is 10.5 Å². The first-order valence-electron chi connectivity index (χ1n) is 5.99. The van der Waals surface area contributed by atoms with E-state index in [-0.39, 0.29) is 5.84 Å². The van der Waals surface area contributed by atoms with Crippen molar-refractivity contribution >= 4 is 29.0 Å². The first-order chi connectivity index (χ1) is 9.47. The first kappa shape index (κ1) is 14.7. The summed E-state index contributed by atoms with van der Waals surface area (Å²) in [6.45, 7) is 2.26. The maximum Gasteiger partial charge on any atom is 0.123 e. The molecule has 0 amide bonds. The highest BCUT2D eigenvalue weighted by atomic mass is 35.5. The van der Waals surface area contributed by atoms with Crippen LogP contribution in [0.3, 0.4) is 0 Å². The number of ether oxygens (including phenoxy) is 1. The summed E-state index contributed by atoms with van der Waals surface area (Å²) in [6, 6.07) is 10.7. The highest BCUT2D eigenvalue weighted by Crippen LogP contribution is 2.24. The van der Waals surface area contributed by atoms with E-state index < -0.39 is 0 Å². The Bertz CT molecular complexity index is 656. The summed E-state index contributed by atoms with van der Waals surface area (Å²) in [5.41, 5.74) is 7.93. The zero-order valence-electron chi connectivity index (χ0n) is 10.9. The van der Waals surface area contributed by atoms with Crippen molar-refractivity contribution in [1.82, 2.24) is 0 Å². The third-order valence-electron chi connectivity index (χ3n) is 2.90. The van der Waals surface area contributed by atoms with Gasteiger partial charge in [0.05, 0.1) is 0 Å². The summed E-state index contributed by atoms with van der Waals surface area (Å²) in [5, 5.41) is 8.60. The van der Waals surface area contributed by atoms with E-state index in [1.165, 1.54) is 0 Å². The zero-order valence-corrected chi connectivity index (χ0v) is 12.4. The number of benzene rings is 2. The van der Waals surface area contributed by atoms with Gasteiger partial charge in [0.15, 0.2) is 0 Å². The third-order valence-corrected chi connectivity index (χ3v) is 3.48. The molecule has 20 heavy (non-hydrogen) atoms. The van der Waals surface area contributed by atoms with Crippen molar-refractivity contribution in [3.8, 4) is 5.75 Å². The molecule has 0 bridgehead atoms. The van der Waals surface area contributed by atoms with Gasteiger partial charge < -0.3 is 10.5 Å². The smallest absolute Gasteiger partial charge is 0.123 e. The molecule has 104 valence electrons. The van der Waals surface area contributed by atoms with E-state index in [2.05, 4.69) is 0 Å². The number of nitrogen functional groups attached to an aromatic ring is 1. The molecule has 0 radical (unpaired) electrons. The summed E-state index contributed by atoms with van der Waals surface area (Å²) in [6.07, 6.45) is 0. The van der Waals surface area contributed by atoms with Crippen molar-refractivity contribution in [2.75, 3.05) is 0 Å². The van der Waals surface area contributed by atoms with E-state index in [1.807, 2.05) is 19.1 Å². The van der Waals surface area contributed by atoms with E-state index in [9.17, 15) is 0 Å². The average molecular weight is 309 g/mol. The maximum atomic E-state index is 7.44. The summed E-state index contributed by atoms with van der Waals surface area (Å²) < 4.78 is 5.75. The molecule has 0 spiro atoms. The molecule has 0 aliphatic carbocycles. The SMILES string of the molecule is Cc1ccc(C(=N)N)cc1OCc1ccc(Cl)cc1Cl. The quantitative estimate of drug-likeness (QED) is 0.658. The number of amidine groups is 1. The molecular formula is C15H14Cl2N2O. The molecule has 3 N–H and O–H groups in total. The molecule has 0 unspecified atom stereocenters. The van der Waals surface area contributed by atoms with Gasteiger partial charge in [0.2, 0.25) is 0 Å². The molecule has 2 aromatic rings. The Morgan fingerprint density at radius 2 is 1.95 bits per heavy atom. The van der Waals surface area contributed by atoms with Crippen LogP contribution in [0.1, 0.15) is 16.7 Å². The minimum absolute atomic E-state index is 0.0133. The Morgan fingerprint density at radius 1 is 1.20 bits per heavy atom. The normalized spacial score (nSPS) is 10.3. The molecule has 0 saturated heterocycles. The lowest BCUT2D eigenvalue weighted by Gasteiger charge is -2.11. The molecule has 0 heterocycles. The molecule has 5 heteroatoms. The van der Waals surface area contributed by atoms with Crippen molar-refractivity contribution in [3.63, 3.8) is 0 Å². The molecule has 0 aliphatic rings. The standard InChI is InChI=1S/C15H14Cl2N2O/c1-9-2-3-10(15(18)19)6-14(9)20-8-11-4-5-12(16)7-13(11)17/h2-7H,8H2,1H3,(H3,18,19). The van der Waals surface area contributed by atoms with Crippen LogP contribution in [0, 0.1) is 12.3 Å². The van der Waals surface area contributed by atoms with Crippen molar-refractivity contribution in [3.05, 3.63) is 63.1 Å². The average Bonchev–Trinajstić information content (AvgIpc) is 2.39. The summed E-state index contributed by atoms with van der Waals surface area (Å²) in [4.78, 5) is 0. The number of nitrogens with one attached hydrogen (secondary N) is 1. The largest absolute Gasteiger partial charge is 0.489 e. The van der Waals surface area contributed by atoms with Crippen molar-refractivity contribution in [2.24, 2.45) is 5.73 Å². The number of aryl methyl sites for hydroxylation is 1. The minimum Gasteiger partial charge on any atom is -0.489 e. The maximum absolute atomic E-state index is 7.44. The Hall–Kier alpha value is -1.71. The highest BCUT2D eigenvalue weighted by molar-refractivity contribution is 6.35. The Labute approximate surface area is 127 Å². The Kier molecular flexibility index (Phi) is 4.53. The van der Waals surface area contributed by atoms with Crippen LogP contribution in [-0.2, 0) is 6.61 Å². The number of hydrogen-bond acceptors (Lipinski definition) is 2. The fourth-order valence-corrected chi connectivity index (χ4v) is 2.18. The van der Waals surface area contributed by atoms with Gasteiger partial charge in [-0.15, -0.1) is 0 Å². The molecule has 2 rings (SSSR count). The zero-order chi connectivity index (χ0) is 14.7. The van der Waals surface area contributed by atoms with E-state index >= 15 is 0 Å². The molecule has 2 aromatic carbocycles. The number of hydrogen-bond donors (Lipinski definition) is 2. The van der Waals surface area contributed by atoms with Gasteiger partial charge in [-0.3, -0.25) is 5.41 Å².